The number of primary sulfonamides is 1. The molecule has 1 aliphatic heterocycles. The van der Waals surface area contributed by atoms with Crippen molar-refractivity contribution in [2.75, 3.05) is 12.3 Å². The molecule has 0 fully saturated rings. The zero-order valence-corrected chi connectivity index (χ0v) is 11.5. The van der Waals surface area contributed by atoms with Gasteiger partial charge in [0.25, 0.3) is 0 Å². The van der Waals surface area contributed by atoms with Gasteiger partial charge in [0.1, 0.15) is 8.42 Å². The molecule has 2 heterocycles. The molecule has 3 N–H and O–H groups in total. The van der Waals surface area contributed by atoms with Gasteiger partial charge in [0, 0.05) is 12.6 Å². The second kappa shape index (κ2) is 4.02. The van der Waals surface area contributed by atoms with E-state index in [-0.39, 0.29) is 20.2 Å². The Morgan fingerprint density at radius 2 is 2.18 bits per heavy atom. The fraction of sp³-hybridized carbons (Fsp3) is 0.500. The molecule has 0 unspecified atom stereocenters. The van der Waals surface area contributed by atoms with Crippen LogP contribution in [0.4, 0.5) is 0 Å². The Labute approximate surface area is 104 Å². The number of sulfone groups is 1. The van der Waals surface area contributed by atoms with Gasteiger partial charge >= 0.3 is 0 Å². The van der Waals surface area contributed by atoms with Gasteiger partial charge in [-0.1, -0.05) is 0 Å². The number of thiophene rings is 1. The summed E-state index contributed by atoms with van der Waals surface area (Å²) in [4.78, 5) is 0. The third-order valence-corrected chi connectivity index (χ3v) is 7.47. The van der Waals surface area contributed by atoms with Crippen LogP contribution in [0.25, 0.3) is 0 Å². The monoisotopic (exact) mass is 296 g/mol. The van der Waals surface area contributed by atoms with Crippen molar-refractivity contribution in [3.05, 3.63) is 11.6 Å². The first-order valence-electron chi connectivity index (χ1n) is 4.84. The molecule has 9 heteroatoms. The molecular weight excluding hydrogens is 284 g/mol. The largest absolute Gasteiger partial charge is 0.309 e. The predicted octanol–water partition coefficient (Wildman–Crippen LogP) is -0.167. The fourth-order valence-corrected chi connectivity index (χ4v) is 5.74. The zero-order chi connectivity index (χ0) is 12.8. The second-order valence-electron chi connectivity index (χ2n) is 3.85. The minimum Gasteiger partial charge on any atom is -0.309 e. The number of nitrogens with one attached hydrogen (secondary N) is 1. The van der Waals surface area contributed by atoms with Crippen LogP contribution in [0, 0.1) is 0 Å². The number of fused-ring (bicyclic) bond motifs is 1. The van der Waals surface area contributed by atoms with Crippen LogP contribution in [0.1, 0.15) is 18.5 Å². The molecule has 1 atom stereocenters. The van der Waals surface area contributed by atoms with Crippen LogP contribution < -0.4 is 10.5 Å². The van der Waals surface area contributed by atoms with Gasteiger partial charge in [-0.05, 0) is 18.6 Å². The average Bonchev–Trinajstić information content (AvgIpc) is 2.57. The maximum atomic E-state index is 11.9. The molecule has 17 heavy (non-hydrogen) atoms. The van der Waals surface area contributed by atoms with E-state index in [1.807, 2.05) is 0 Å². The van der Waals surface area contributed by atoms with Gasteiger partial charge in [-0.25, -0.2) is 22.0 Å². The highest BCUT2D eigenvalue weighted by Crippen LogP contribution is 2.35. The van der Waals surface area contributed by atoms with Crippen LogP contribution in [0.5, 0.6) is 0 Å². The van der Waals surface area contributed by atoms with E-state index < -0.39 is 19.9 Å². The highest BCUT2D eigenvalue weighted by atomic mass is 32.3. The molecule has 0 aromatic carbocycles. The van der Waals surface area contributed by atoms with Crippen LogP contribution >= 0.6 is 11.3 Å². The topological polar surface area (TPSA) is 106 Å². The van der Waals surface area contributed by atoms with Gasteiger partial charge in [-0.15, -0.1) is 11.3 Å². The summed E-state index contributed by atoms with van der Waals surface area (Å²) in [6.07, 6.45) is 0. The van der Waals surface area contributed by atoms with E-state index in [2.05, 4.69) is 5.32 Å². The first-order valence-corrected chi connectivity index (χ1v) is 8.86. The van der Waals surface area contributed by atoms with E-state index in [1.54, 1.807) is 6.92 Å². The van der Waals surface area contributed by atoms with Crippen LogP contribution in [-0.2, 0) is 19.9 Å². The summed E-state index contributed by atoms with van der Waals surface area (Å²) in [6, 6.07) is 1.14. The van der Waals surface area contributed by atoms with Crippen molar-refractivity contribution >= 4 is 31.2 Å². The maximum absolute atomic E-state index is 11.9. The van der Waals surface area contributed by atoms with Crippen molar-refractivity contribution in [2.45, 2.75) is 21.4 Å². The predicted molar refractivity (Wildman–Crippen MR) is 64.2 cm³/mol. The van der Waals surface area contributed by atoms with Gasteiger partial charge in [0.05, 0.1) is 5.75 Å². The lowest BCUT2D eigenvalue weighted by atomic mass is 10.2. The van der Waals surface area contributed by atoms with Crippen molar-refractivity contribution in [3.63, 3.8) is 0 Å². The molecule has 0 spiro atoms. The molecule has 1 aromatic rings. The van der Waals surface area contributed by atoms with Crippen molar-refractivity contribution in [1.82, 2.24) is 5.32 Å². The van der Waals surface area contributed by atoms with E-state index in [0.29, 0.717) is 12.1 Å². The van der Waals surface area contributed by atoms with Gasteiger partial charge in [0.15, 0.2) is 9.84 Å². The third-order valence-electron chi connectivity index (χ3n) is 2.55. The smallest absolute Gasteiger partial charge is 0.247 e. The Morgan fingerprint density at radius 1 is 1.53 bits per heavy atom. The quantitative estimate of drug-likeness (QED) is 0.748. The Bertz CT molecular complexity index is 644. The standard InChI is InChI=1S/C8H12N2O4S3/c1-5-6-4-7(17(9,13)14)15-8(6)16(11,12)3-2-10-5/h4-5,10H,2-3H2,1H3,(H2,9,13,14)/t5-/m0/s1. The van der Waals surface area contributed by atoms with Crippen LogP contribution in [0.15, 0.2) is 14.5 Å². The van der Waals surface area contributed by atoms with Crippen molar-refractivity contribution in [2.24, 2.45) is 5.14 Å². The molecule has 0 saturated heterocycles. The summed E-state index contributed by atoms with van der Waals surface area (Å²) in [7, 11) is -7.27. The number of hydrogen-bond acceptors (Lipinski definition) is 6. The minimum absolute atomic E-state index is 0.0328. The SMILES string of the molecule is C[C@@H]1NCCS(=O)(=O)c2sc(S(N)(=O)=O)cc21. The molecule has 1 aliphatic rings. The summed E-state index contributed by atoms with van der Waals surface area (Å²) < 4.78 is 46.3. The van der Waals surface area contributed by atoms with Crippen molar-refractivity contribution in [3.8, 4) is 0 Å². The van der Waals surface area contributed by atoms with E-state index in [0.717, 1.165) is 11.3 Å². The normalized spacial score (nSPS) is 24.0. The summed E-state index contributed by atoms with van der Waals surface area (Å²) in [6.45, 7) is 2.15. The molecule has 6 nitrogen and oxygen atoms in total. The minimum atomic E-state index is -3.86. The Balaban J connectivity index is 2.70. The molecule has 96 valence electrons. The van der Waals surface area contributed by atoms with Crippen molar-refractivity contribution < 1.29 is 16.8 Å². The first kappa shape index (κ1) is 13.0. The molecule has 0 amide bonds. The van der Waals surface area contributed by atoms with E-state index in [1.165, 1.54) is 6.07 Å². The lowest BCUT2D eigenvalue weighted by Crippen LogP contribution is -2.21. The Hall–Kier alpha value is -0.480. The average molecular weight is 296 g/mol. The number of nitrogens with two attached hydrogens (primary N) is 1. The first-order chi connectivity index (χ1) is 7.72. The van der Waals surface area contributed by atoms with E-state index in [4.69, 9.17) is 5.14 Å². The number of rotatable bonds is 1. The Morgan fingerprint density at radius 3 is 2.76 bits per heavy atom. The third kappa shape index (κ3) is 2.38. The maximum Gasteiger partial charge on any atom is 0.247 e. The Kier molecular flexibility index (Phi) is 3.07. The highest BCUT2D eigenvalue weighted by Gasteiger charge is 2.30. The molecule has 0 bridgehead atoms. The van der Waals surface area contributed by atoms with E-state index >= 15 is 0 Å². The molecule has 0 radical (unpaired) electrons. The molecule has 0 aliphatic carbocycles. The summed E-state index contributed by atoms with van der Waals surface area (Å²) in [5, 5.41) is 8.02. The van der Waals surface area contributed by atoms with Crippen LogP contribution in [-0.4, -0.2) is 29.1 Å². The lowest BCUT2D eigenvalue weighted by Gasteiger charge is -2.08. The fourth-order valence-electron chi connectivity index (χ4n) is 1.66. The summed E-state index contributed by atoms with van der Waals surface area (Å²) in [5.74, 6) is -0.0328. The lowest BCUT2D eigenvalue weighted by molar-refractivity contribution is 0.589. The summed E-state index contributed by atoms with van der Waals surface area (Å²) in [5.41, 5.74) is 0.483. The van der Waals surface area contributed by atoms with E-state index in [9.17, 15) is 16.8 Å². The summed E-state index contributed by atoms with van der Waals surface area (Å²) >= 11 is 0.725. The molecule has 2 rings (SSSR count). The highest BCUT2D eigenvalue weighted by molar-refractivity contribution is 7.95. The van der Waals surface area contributed by atoms with Gasteiger partial charge < -0.3 is 5.32 Å². The van der Waals surface area contributed by atoms with Crippen LogP contribution in [0.3, 0.4) is 0 Å². The number of sulfonamides is 1. The van der Waals surface area contributed by atoms with Crippen molar-refractivity contribution in [1.29, 1.82) is 0 Å². The molecule has 0 saturated carbocycles. The van der Waals surface area contributed by atoms with Crippen LogP contribution in [0.2, 0.25) is 0 Å². The second-order valence-corrected chi connectivity index (χ2v) is 8.99. The van der Waals surface area contributed by atoms with Gasteiger partial charge in [0.2, 0.25) is 10.0 Å². The molecule has 1 aromatic heterocycles. The van der Waals surface area contributed by atoms with Gasteiger partial charge in [-0.2, -0.15) is 0 Å². The number of hydrogen-bond donors (Lipinski definition) is 2. The zero-order valence-electron chi connectivity index (χ0n) is 9.00. The van der Waals surface area contributed by atoms with Gasteiger partial charge in [-0.3, -0.25) is 0 Å². The molecular formula is C8H12N2O4S3.